The van der Waals surface area contributed by atoms with E-state index in [0.29, 0.717) is 12.5 Å². The van der Waals surface area contributed by atoms with Gasteiger partial charge in [-0.1, -0.05) is 33.1 Å². The summed E-state index contributed by atoms with van der Waals surface area (Å²) in [4.78, 5) is 2.00. The number of nitrogens with zero attached hydrogens (tertiary/aromatic N) is 1. The van der Waals surface area contributed by atoms with Gasteiger partial charge in [-0.05, 0) is 12.3 Å². The second-order valence-corrected chi connectivity index (χ2v) is 5.62. The molecule has 1 aliphatic rings. The third-order valence-corrected chi connectivity index (χ3v) is 4.00. The summed E-state index contributed by atoms with van der Waals surface area (Å²) >= 11 is 0. The molecule has 0 radical (unpaired) electrons. The normalized spacial score (nSPS) is 24.2. The number of alkyl halides is 3. The molecule has 2 atom stereocenters. The van der Waals surface area contributed by atoms with Gasteiger partial charge in [0.1, 0.15) is 0 Å². The first-order valence-corrected chi connectivity index (χ1v) is 7.47. The van der Waals surface area contributed by atoms with Crippen LogP contribution in [0.1, 0.15) is 39.5 Å². The Morgan fingerprint density at radius 1 is 1.32 bits per heavy atom. The van der Waals surface area contributed by atoms with E-state index in [1.165, 1.54) is 6.42 Å². The Hall–Kier alpha value is -0.290. The maximum absolute atomic E-state index is 12.9. The van der Waals surface area contributed by atoms with Crippen molar-refractivity contribution in [3.05, 3.63) is 0 Å². The molecule has 0 saturated carbocycles. The second-order valence-electron chi connectivity index (χ2n) is 5.62. The predicted molar refractivity (Wildman–Crippen MR) is 72.2 cm³/mol. The zero-order valence-electron chi connectivity index (χ0n) is 12.1. The molecule has 19 heavy (non-hydrogen) atoms. The minimum absolute atomic E-state index is 0.0613. The second kappa shape index (κ2) is 8.10. The molecular formula is C14H27F3N2. The maximum atomic E-state index is 12.9. The fourth-order valence-corrected chi connectivity index (χ4v) is 2.65. The van der Waals surface area contributed by atoms with Gasteiger partial charge in [0.05, 0.1) is 5.92 Å². The summed E-state index contributed by atoms with van der Waals surface area (Å²) in [6.45, 7) is 6.71. The standard InChI is InChI=1S/C14H27F3N2/c1-3-5-6-12(4-2)10-19-8-7-18-9-13(11-19)14(15,16)17/h12-13,18H,3-11H2,1-2H3. The highest BCUT2D eigenvalue weighted by molar-refractivity contribution is 4.79. The molecule has 1 N–H and O–H groups in total. The van der Waals surface area contributed by atoms with Crippen LogP contribution in [0, 0.1) is 11.8 Å². The molecule has 0 spiro atoms. The van der Waals surface area contributed by atoms with Crippen LogP contribution in [0.3, 0.4) is 0 Å². The summed E-state index contributed by atoms with van der Waals surface area (Å²) in [7, 11) is 0. The predicted octanol–water partition coefficient (Wildman–Crippen LogP) is 3.29. The zero-order valence-corrected chi connectivity index (χ0v) is 12.1. The molecule has 0 bridgehead atoms. The Morgan fingerprint density at radius 3 is 2.63 bits per heavy atom. The van der Waals surface area contributed by atoms with Crippen LogP contribution in [0.5, 0.6) is 0 Å². The van der Waals surface area contributed by atoms with E-state index in [2.05, 4.69) is 19.2 Å². The van der Waals surface area contributed by atoms with E-state index in [1.807, 2.05) is 4.90 Å². The lowest BCUT2D eigenvalue weighted by molar-refractivity contribution is -0.176. The lowest BCUT2D eigenvalue weighted by Gasteiger charge is -2.28. The van der Waals surface area contributed by atoms with Crippen molar-refractivity contribution in [2.75, 3.05) is 32.7 Å². The quantitative estimate of drug-likeness (QED) is 0.803. The van der Waals surface area contributed by atoms with Gasteiger partial charge >= 0.3 is 6.18 Å². The fraction of sp³-hybridized carbons (Fsp3) is 1.00. The summed E-state index contributed by atoms with van der Waals surface area (Å²) in [5.41, 5.74) is 0. The first-order valence-electron chi connectivity index (χ1n) is 7.47. The lowest BCUT2D eigenvalue weighted by Crippen LogP contribution is -2.39. The van der Waals surface area contributed by atoms with Gasteiger partial charge in [0.2, 0.25) is 0 Å². The van der Waals surface area contributed by atoms with Crippen molar-refractivity contribution in [1.29, 1.82) is 0 Å². The smallest absolute Gasteiger partial charge is 0.315 e. The van der Waals surface area contributed by atoms with Crippen LogP contribution in [0.2, 0.25) is 0 Å². The van der Waals surface area contributed by atoms with Crippen molar-refractivity contribution >= 4 is 0 Å². The van der Waals surface area contributed by atoms with Gasteiger partial charge in [0.25, 0.3) is 0 Å². The molecule has 1 heterocycles. The molecule has 1 saturated heterocycles. The topological polar surface area (TPSA) is 15.3 Å². The van der Waals surface area contributed by atoms with Gasteiger partial charge in [-0.2, -0.15) is 13.2 Å². The third kappa shape index (κ3) is 6.13. The Morgan fingerprint density at radius 2 is 2.05 bits per heavy atom. The summed E-state index contributed by atoms with van der Waals surface area (Å²) in [6.07, 6.45) is 0.436. The SMILES string of the molecule is CCCCC(CC)CN1CCNCC(C(F)(F)F)C1. The van der Waals surface area contributed by atoms with Gasteiger partial charge in [-0.15, -0.1) is 0 Å². The molecule has 1 aliphatic heterocycles. The lowest BCUT2D eigenvalue weighted by atomic mass is 9.98. The van der Waals surface area contributed by atoms with Gasteiger partial charge in [0.15, 0.2) is 0 Å². The Labute approximate surface area is 114 Å². The van der Waals surface area contributed by atoms with E-state index < -0.39 is 12.1 Å². The first-order chi connectivity index (χ1) is 8.97. The van der Waals surface area contributed by atoms with Gasteiger partial charge < -0.3 is 10.2 Å². The number of hydrogen-bond donors (Lipinski definition) is 1. The molecule has 0 aromatic heterocycles. The summed E-state index contributed by atoms with van der Waals surface area (Å²) < 4.78 is 38.6. The van der Waals surface area contributed by atoms with E-state index >= 15 is 0 Å². The summed E-state index contributed by atoms with van der Waals surface area (Å²) in [5, 5.41) is 2.91. The summed E-state index contributed by atoms with van der Waals surface area (Å²) in [5.74, 6) is -0.689. The van der Waals surface area contributed by atoms with Crippen molar-refractivity contribution in [3.63, 3.8) is 0 Å². The minimum atomic E-state index is -4.08. The molecule has 0 aliphatic carbocycles. The molecule has 114 valence electrons. The van der Waals surface area contributed by atoms with Crippen LogP contribution in [-0.2, 0) is 0 Å². The minimum Gasteiger partial charge on any atom is -0.315 e. The Balaban J connectivity index is 2.50. The van der Waals surface area contributed by atoms with Crippen LogP contribution in [0.15, 0.2) is 0 Å². The molecule has 2 unspecified atom stereocenters. The van der Waals surface area contributed by atoms with Crippen molar-refractivity contribution < 1.29 is 13.2 Å². The summed E-state index contributed by atoms with van der Waals surface area (Å²) in [6, 6.07) is 0. The highest BCUT2D eigenvalue weighted by Crippen LogP contribution is 2.28. The maximum Gasteiger partial charge on any atom is 0.394 e. The molecule has 1 rings (SSSR count). The van der Waals surface area contributed by atoms with Crippen molar-refractivity contribution in [3.8, 4) is 0 Å². The van der Waals surface area contributed by atoms with E-state index in [9.17, 15) is 13.2 Å². The van der Waals surface area contributed by atoms with E-state index in [-0.39, 0.29) is 13.1 Å². The molecule has 5 heteroatoms. The number of unbranched alkanes of at least 4 members (excludes halogenated alkanes) is 1. The van der Waals surface area contributed by atoms with Crippen LogP contribution in [0.4, 0.5) is 13.2 Å². The fourth-order valence-electron chi connectivity index (χ4n) is 2.65. The van der Waals surface area contributed by atoms with Crippen molar-refractivity contribution in [2.24, 2.45) is 11.8 Å². The van der Waals surface area contributed by atoms with E-state index in [1.54, 1.807) is 0 Å². The van der Waals surface area contributed by atoms with Crippen LogP contribution < -0.4 is 5.32 Å². The molecule has 2 nitrogen and oxygen atoms in total. The van der Waals surface area contributed by atoms with E-state index in [0.717, 1.165) is 32.4 Å². The van der Waals surface area contributed by atoms with Crippen molar-refractivity contribution in [2.45, 2.75) is 45.7 Å². The Bertz CT molecular complexity index is 243. The first kappa shape index (κ1) is 16.8. The largest absolute Gasteiger partial charge is 0.394 e. The van der Waals surface area contributed by atoms with Crippen molar-refractivity contribution in [1.82, 2.24) is 10.2 Å². The Kier molecular flexibility index (Phi) is 7.15. The number of halogens is 3. The van der Waals surface area contributed by atoms with Crippen LogP contribution >= 0.6 is 0 Å². The molecule has 0 aromatic rings. The molecule has 1 fully saturated rings. The zero-order chi connectivity index (χ0) is 14.3. The monoisotopic (exact) mass is 280 g/mol. The van der Waals surface area contributed by atoms with Gasteiger partial charge in [-0.3, -0.25) is 0 Å². The number of hydrogen-bond acceptors (Lipinski definition) is 2. The number of nitrogens with one attached hydrogen (secondary N) is 1. The molecule has 0 amide bonds. The third-order valence-electron chi connectivity index (χ3n) is 4.00. The average Bonchev–Trinajstić information content (AvgIpc) is 2.59. The molecule has 0 aromatic carbocycles. The van der Waals surface area contributed by atoms with Gasteiger partial charge in [0, 0.05) is 32.7 Å². The van der Waals surface area contributed by atoms with Crippen LogP contribution in [0.25, 0.3) is 0 Å². The van der Waals surface area contributed by atoms with Gasteiger partial charge in [-0.25, -0.2) is 0 Å². The average molecular weight is 280 g/mol. The number of rotatable bonds is 6. The molecular weight excluding hydrogens is 253 g/mol. The highest BCUT2D eigenvalue weighted by atomic mass is 19.4. The van der Waals surface area contributed by atoms with Crippen LogP contribution in [-0.4, -0.2) is 43.8 Å². The highest BCUT2D eigenvalue weighted by Gasteiger charge is 2.41. The van der Waals surface area contributed by atoms with E-state index in [4.69, 9.17) is 0 Å².